The van der Waals surface area contributed by atoms with Crippen LogP contribution in [0.2, 0.25) is 0 Å². The minimum Gasteiger partial charge on any atom is -0.387 e. The van der Waals surface area contributed by atoms with E-state index in [0.29, 0.717) is 18.7 Å². The van der Waals surface area contributed by atoms with Crippen LogP contribution >= 0.6 is 0 Å². The first-order chi connectivity index (χ1) is 9.95. The molecule has 1 saturated heterocycles. The molecular formula is C15H20F2N2O2. The second-order valence-electron chi connectivity index (χ2n) is 5.49. The number of nitrogens with zero attached hydrogens (tertiary/aromatic N) is 1. The first-order valence-corrected chi connectivity index (χ1v) is 7.08. The van der Waals surface area contributed by atoms with Gasteiger partial charge in [-0.05, 0) is 37.1 Å². The third kappa shape index (κ3) is 4.47. The standard InChI is InChI=1S/C15H20F2N2O2/c1-10(20)18-12-3-2-6-19(8-12)9-15(21)11-4-5-13(16)14(17)7-11/h4-5,7,12,15,21H,2-3,6,8-9H2,1H3,(H,18,20). The van der Waals surface area contributed by atoms with Crippen molar-refractivity contribution in [2.24, 2.45) is 0 Å². The van der Waals surface area contributed by atoms with Crippen molar-refractivity contribution in [3.8, 4) is 0 Å². The molecule has 2 atom stereocenters. The SMILES string of the molecule is CC(=O)NC1CCCN(CC(O)c2ccc(F)c(F)c2)C1. The summed E-state index contributed by atoms with van der Waals surface area (Å²) >= 11 is 0. The maximum absolute atomic E-state index is 13.2. The highest BCUT2D eigenvalue weighted by atomic mass is 19.2. The number of nitrogens with one attached hydrogen (secondary N) is 1. The number of likely N-dealkylation sites (tertiary alicyclic amines) is 1. The smallest absolute Gasteiger partial charge is 0.217 e. The zero-order valence-corrected chi connectivity index (χ0v) is 12.0. The molecule has 0 aliphatic carbocycles. The van der Waals surface area contributed by atoms with Gasteiger partial charge in [-0.25, -0.2) is 8.78 Å². The summed E-state index contributed by atoms with van der Waals surface area (Å²) in [5.74, 6) is -1.95. The Kier molecular flexibility index (Phi) is 5.25. The predicted octanol–water partition coefficient (Wildman–Crippen LogP) is 1.60. The van der Waals surface area contributed by atoms with Gasteiger partial charge in [0.15, 0.2) is 11.6 Å². The molecule has 0 radical (unpaired) electrons. The average Bonchev–Trinajstić information content (AvgIpc) is 2.41. The Morgan fingerprint density at radius 3 is 2.90 bits per heavy atom. The highest BCUT2D eigenvalue weighted by Crippen LogP contribution is 2.19. The van der Waals surface area contributed by atoms with E-state index in [1.54, 1.807) is 0 Å². The zero-order valence-electron chi connectivity index (χ0n) is 12.0. The second kappa shape index (κ2) is 6.95. The van der Waals surface area contributed by atoms with E-state index < -0.39 is 17.7 Å². The van der Waals surface area contributed by atoms with Gasteiger partial charge in [-0.1, -0.05) is 6.07 Å². The Morgan fingerprint density at radius 1 is 1.48 bits per heavy atom. The van der Waals surface area contributed by atoms with E-state index in [1.165, 1.54) is 13.0 Å². The summed E-state index contributed by atoms with van der Waals surface area (Å²) in [6, 6.07) is 3.51. The van der Waals surface area contributed by atoms with Crippen molar-refractivity contribution in [1.29, 1.82) is 0 Å². The largest absolute Gasteiger partial charge is 0.387 e. The minimum absolute atomic E-state index is 0.0667. The fraction of sp³-hybridized carbons (Fsp3) is 0.533. The van der Waals surface area contributed by atoms with E-state index in [-0.39, 0.29) is 11.9 Å². The molecule has 2 unspecified atom stereocenters. The number of β-amino-alcohol motifs (C(OH)–C–C–N with tert-alkyl or cyclic N) is 1. The van der Waals surface area contributed by atoms with Crippen molar-refractivity contribution in [3.63, 3.8) is 0 Å². The van der Waals surface area contributed by atoms with E-state index in [0.717, 1.165) is 31.5 Å². The quantitative estimate of drug-likeness (QED) is 0.888. The summed E-state index contributed by atoms with van der Waals surface area (Å²) in [6.45, 7) is 3.29. The summed E-state index contributed by atoms with van der Waals surface area (Å²) in [7, 11) is 0. The number of hydrogen-bond acceptors (Lipinski definition) is 3. The van der Waals surface area contributed by atoms with Crippen LogP contribution in [0.5, 0.6) is 0 Å². The van der Waals surface area contributed by atoms with Gasteiger partial charge in [0.1, 0.15) is 0 Å². The van der Waals surface area contributed by atoms with Crippen LogP contribution in [0.25, 0.3) is 0 Å². The van der Waals surface area contributed by atoms with E-state index in [9.17, 15) is 18.7 Å². The topological polar surface area (TPSA) is 52.6 Å². The molecule has 0 saturated carbocycles. The number of aliphatic hydroxyl groups is 1. The number of rotatable bonds is 4. The molecule has 6 heteroatoms. The third-order valence-corrected chi connectivity index (χ3v) is 3.67. The maximum Gasteiger partial charge on any atom is 0.217 e. The van der Waals surface area contributed by atoms with Crippen LogP contribution in [0, 0.1) is 11.6 Å². The van der Waals surface area contributed by atoms with Gasteiger partial charge in [0, 0.05) is 26.1 Å². The average molecular weight is 298 g/mol. The lowest BCUT2D eigenvalue weighted by molar-refractivity contribution is -0.120. The van der Waals surface area contributed by atoms with Crippen LogP contribution < -0.4 is 5.32 Å². The number of carbonyl (C=O) groups is 1. The molecule has 1 amide bonds. The number of aliphatic hydroxyl groups excluding tert-OH is 1. The Hall–Kier alpha value is -1.53. The second-order valence-corrected chi connectivity index (χ2v) is 5.49. The molecule has 1 aromatic carbocycles. The summed E-state index contributed by atoms with van der Waals surface area (Å²) in [5, 5.41) is 13.0. The lowest BCUT2D eigenvalue weighted by Crippen LogP contribution is -2.48. The number of carbonyl (C=O) groups excluding carboxylic acids is 1. The van der Waals surface area contributed by atoms with Crippen LogP contribution in [0.1, 0.15) is 31.4 Å². The van der Waals surface area contributed by atoms with Gasteiger partial charge in [0.25, 0.3) is 0 Å². The molecular weight excluding hydrogens is 278 g/mol. The molecule has 2 rings (SSSR count). The molecule has 1 aliphatic heterocycles. The van der Waals surface area contributed by atoms with Crippen molar-refractivity contribution in [1.82, 2.24) is 10.2 Å². The molecule has 0 bridgehead atoms. The van der Waals surface area contributed by atoms with Crippen molar-refractivity contribution in [3.05, 3.63) is 35.4 Å². The zero-order chi connectivity index (χ0) is 15.4. The van der Waals surface area contributed by atoms with Crippen LogP contribution in [0.4, 0.5) is 8.78 Å². The number of amides is 1. The number of piperidine rings is 1. The van der Waals surface area contributed by atoms with E-state index >= 15 is 0 Å². The Balaban J connectivity index is 1.93. The van der Waals surface area contributed by atoms with Gasteiger partial charge in [0.05, 0.1) is 6.10 Å². The van der Waals surface area contributed by atoms with Gasteiger partial charge in [-0.15, -0.1) is 0 Å². The summed E-state index contributed by atoms with van der Waals surface area (Å²) in [4.78, 5) is 13.1. The lowest BCUT2D eigenvalue weighted by Gasteiger charge is -2.34. The Labute approximate surface area is 122 Å². The number of hydrogen-bond donors (Lipinski definition) is 2. The lowest BCUT2D eigenvalue weighted by atomic mass is 10.0. The minimum atomic E-state index is -0.957. The summed E-state index contributed by atoms with van der Waals surface area (Å²) in [6.07, 6.45) is 0.962. The molecule has 0 spiro atoms. The van der Waals surface area contributed by atoms with Gasteiger partial charge >= 0.3 is 0 Å². The first-order valence-electron chi connectivity index (χ1n) is 7.08. The van der Waals surface area contributed by atoms with E-state index in [1.807, 2.05) is 4.90 Å². The first kappa shape index (κ1) is 15.9. The molecule has 0 aromatic heterocycles. The monoisotopic (exact) mass is 298 g/mol. The van der Waals surface area contributed by atoms with Gasteiger partial charge in [0.2, 0.25) is 5.91 Å². The van der Waals surface area contributed by atoms with Crippen LogP contribution in [0.3, 0.4) is 0 Å². The normalized spacial score (nSPS) is 21.0. The van der Waals surface area contributed by atoms with Crippen LogP contribution in [-0.2, 0) is 4.79 Å². The third-order valence-electron chi connectivity index (χ3n) is 3.67. The molecule has 1 aromatic rings. The van der Waals surface area contributed by atoms with Crippen molar-refractivity contribution < 1.29 is 18.7 Å². The molecule has 1 heterocycles. The van der Waals surface area contributed by atoms with Crippen LogP contribution in [-0.4, -0.2) is 41.6 Å². The van der Waals surface area contributed by atoms with Gasteiger partial charge in [-0.3, -0.25) is 9.69 Å². The number of halogens is 2. The van der Waals surface area contributed by atoms with Crippen molar-refractivity contribution in [2.45, 2.75) is 31.9 Å². The maximum atomic E-state index is 13.2. The molecule has 21 heavy (non-hydrogen) atoms. The Bertz CT molecular complexity index is 510. The molecule has 1 aliphatic rings. The fourth-order valence-corrected chi connectivity index (χ4v) is 2.70. The number of benzene rings is 1. The highest BCUT2D eigenvalue weighted by molar-refractivity contribution is 5.73. The molecule has 4 nitrogen and oxygen atoms in total. The predicted molar refractivity (Wildman–Crippen MR) is 74.6 cm³/mol. The van der Waals surface area contributed by atoms with E-state index in [2.05, 4.69) is 5.32 Å². The molecule has 2 N–H and O–H groups in total. The highest BCUT2D eigenvalue weighted by Gasteiger charge is 2.23. The van der Waals surface area contributed by atoms with Gasteiger partial charge < -0.3 is 10.4 Å². The summed E-state index contributed by atoms with van der Waals surface area (Å²) < 4.78 is 26.1. The fourth-order valence-electron chi connectivity index (χ4n) is 2.70. The van der Waals surface area contributed by atoms with Crippen molar-refractivity contribution in [2.75, 3.05) is 19.6 Å². The Morgan fingerprint density at radius 2 is 2.24 bits per heavy atom. The summed E-state index contributed by atoms with van der Waals surface area (Å²) in [5.41, 5.74) is 0.357. The van der Waals surface area contributed by atoms with Gasteiger partial charge in [-0.2, -0.15) is 0 Å². The molecule has 116 valence electrons. The molecule has 1 fully saturated rings. The van der Waals surface area contributed by atoms with Crippen LogP contribution in [0.15, 0.2) is 18.2 Å². The van der Waals surface area contributed by atoms with E-state index in [4.69, 9.17) is 0 Å². The van der Waals surface area contributed by atoms with Crippen molar-refractivity contribution >= 4 is 5.91 Å².